The number of hydrogen-bond acceptors (Lipinski definition) is 2. The fourth-order valence-electron chi connectivity index (χ4n) is 0.973. The summed E-state index contributed by atoms with van der Waals surface area (Å²) < 4.78 is 0. The zero-order valence-electron chi connectivity index (χ0n) is 8.51. The van der Waals surface area contributed by atoms with Crippen LogP contribution in [0.1, 0.15) is 28.9 Å². The maximum atomic E-state index is 11.6. The molecule has 0 radical (unpaired) electrons. The molecule has 4 heteroatoms. The minimum atomic E-state index is -0.0568. The van der Waals surface area contributed by atoms with Gasteiger partial charge < -0.3 is 9.88 Å². The Morgan fingerprint density at radius 3 is 2.54 bits per heavy atom. The van der Waals surface area contributed by atoms with Crippen molar-refractivity contribution in [2.75, 3.05) is 13.6 Å². The van der Waals surface area contributed by atoms with E-state index in [4.69, 9.17) is 0 Å². The molecule has 72 valence electrons. The number of aromatic nitrogens is 2. The molecule has 1 aromatic rings. The number of H-pyrrole nitrogens is 1. The lowest BCUT2D eigenvalue weighted by atomic mass is 10.4. The number of aromatic amines is 1. The minimum absolute atomic E-state index is 0.0568. The lowest BCUT2D eigenvalue weighted by Crippen LogP contribution is -2.27. The Kier molecular flexibility index (Phi) is 2.70. The van der Waals surface area contributed by atoms with Crippen LogP contribution in [0.2, 0.25) is 0 Å². The van der Waals surface area contributed by atoms with Gasteiger partial charge in [-0.1, -0.05) is 0 Å². The van der Waals surface area contributed by atoms with Crippen molar-refractivity contribution in [2.24, 2.45) is 0 Å². The van der Waals surface area contributed by atoms with Crippen LogP contribution < -0.4 is 0 Å². The van der Waals surface area contributed by atoms with Crippen LogP contribution in [0.4, 0.5) is 0 Å². The van der Waals surface area contributed by atoms with Gasteiger partial charge in [-0.05, 0) is 20.8 Å². The van der Waals surface area contributed by atoms with E-state index in [0.717, 1.165) is 11.4 Å². The van der Waals surface area contributed by atoms with Crippen molar-refractivity contribution in [1.82, 2.24) is 14.9 Å². The number of hydrogen-bond donors (Lipinski definition) is 1. The molecule has 0 aliphatic carbocycles. The normalized spacial score (nSPS) is 10.2. The third-order valence-corrected chi connectivity index (χ3v) is 2.15. The summed E-state index contributed by atoms with van der Waals surface area (Å²) in [4.78, 5) is 20.3. The molecule has 0 aliphatic rings. The predicted octanol–water partition coefficient (Wildman–Crippen LogP) is 1.12. The predicted molar refractivity (Wildman–Crippen MR) is 50.7 cm³/mol. The second-order valence-electron chi connectivity index (χ2n) is 3.12. The molecule has 0 unspecified atom stereocenters. The number of imidazole rings is 1. The molecule has 1 heterocycles. The summed E-state index contributed by atoms with van der Waals surface area (Å²) in [5.74, 6) is 0.373. The maximum Gasteiger partial charge on any atom is 0.289 e. The summed E-state index contributed by atoms with van der Waals surface area (Å²) in [6.45, 7) is 6.41. The van der Waals surface area contributed by atoms with Crippen LogP contribution in [0.3, 0.4) is 0 Å². The Labute approximate surface area is 78.0 Å². The largest absolute Gasteiger partial charge is 0.339 e. The number of amides is 1. The van der Waals surface area contributed by atoms with Crippen LogP contribution in [0.15, 0.2) is 0 Å². The van der Waals surface area contributed by atoms with Crippen LogP contribution in [0.5, 0.6) is 0 Å². The number of nitrogens with zero attached hydrogens (tertiary/aromatic N) is 2. The first-order chi connectivity index (χ1) is 6.06. The Balaban J connectivity index is 2.89. The SMILES string of the molecule is CCN(C)C(=O)c1nc(C)c(C)[nH]1. The molecule has 13 heavy (non-hydrogen) atoms. The van der Waals surface area contributed by atoms with Crippen LogP contribution in [0, 0.1) is 13.8 Å². The minimum Gasteiger partial charge on any atom is -0.339 e. The van der Waals surface area contributed by atoms with Crippen molar-refractivity contribution in [2.45, 2.75) is 20.8 Å². The van der Waals surface area contributed by atoms with Gasteiger partial charge in [0.2, 0.25) is 0 Å². The van der Waals surface area contributed by atoms with E-state index >= 15 is 0 Å². The maximum absolute atomic E-state index is 11.6. The van der Waals surface area contributed by atoms with Crippen molar-refractivity contribution in [3.8, 4) is 0 Å². The van der Waals surface area contributed by atoms with Crippen LogP contribution in [0.25, 0.3) is 0 Å². The molecular weight excluding hydrogens is 166 g/mol. The first-order valence-corrected chi connectivity index (χ1v) is 4.35. The number of nitrogens with one attached hydrogen (secondary N) is 1. The van der Waals surface area contributed by atoms with Gasteiger partial charge in [-0.25, -0.2) is 4.98 Å². The van der Waals surface area contributed by atoms with Crippen LogP contribution >= 0.6 is 0 Å². The second-order valence-corrected chi connectivity index (χ2v) is 3.12. The van der Waals surface area contributed by atoms with E-state index in [1.54, 1.807) is 11.9 Å². The molecular formula is C9H15N3O. The van der Waals surface area contributed by atoms with Gasteiger partial charge in [0, 0.05) is 19.3 Å². The highest BCUT2D eigenvalue weighted by Gasteiger charge is 2.14. The van der Waals surface area contributed by atoms with Crippen molar-refractivity contribution < 1.29 is 4.79 Å². The van der Waals surface area contributed by atoms with Crippen molar-refractivity contribution >= 4 is 5.91 Å². The smallest absolute Gasteiger partial charge is 0.289 e. The van der Waals surface area contributed by atoms with E-state index in [1.165, 1.54) is 0 Å². The standard InChI is InChI=1S/C9H15N3O/c1-5-12(4)9(13)8-10-6(2)7(3)11-8/h5H2,1-4H3,(H,10,11). The highest BCUT2D eigenvalue weighted by molar-refractivity contribution is 5.90. The zero-order valence-corrected chi connectivity index (χ0v) is 8.51. The summed E-state index contributed by atoms with van der Waals surface area (Å²) in [6.07, 6.45) is 0. The molecule has 4 nitrogen and oxygen atoms in total. The third kappa shape index (κ3) is 1.88. The summed E-state index contributed by atoms with van der Waals surface area (Å²) in [6, 6.07) is 0. The Bertz CT molecular complexity index is 297. The van der Waals surface area contributed by atoms with E-state index in [1.807, 2.05) is 20.8 Å². The number of rotatable bonds is 2. The van der Waals surface area contributed by atoms with E-state index in [0.29, 0.717) is 12.4 Å². The molecule has 0 fully saturated rings. The molecule has 1 aromatic heterocycles. The number of carbonyl (C=O) groups excluding carboxylic acids is 1. The lowest BCUT2D eigenvalue weighted by molar-refractivity contribution is 0.0791. The molecule has 0 atom stereocenters. The quantitative estimate of drug-likeness (QED) is 0.743. The highest BCUT2D eigenvalue weighted by atomic mass is 16.2. The lowest BCUT2D eigenvalue weighted by Gasteiger charge is -2.11. The summed E-state index contributed by atoms with van der Waals surface area (Å²) in [7, 11) is 1.76. The molecule has 0 aromatic carbocycles. The first kappa shape index (κ1) is 9.77. The Morgan fingerprint density at radius 2 is 2.15 bits per heavy atom. The topological polar surface area (TPSA) is 49.0 Å². The summed E-state index contributed by atoms with van der Waals surface area (Å²) in [5, 5.41) is 0. The van der Waals surface area contributed by atoms with Crippen LogP contribution in [-0.4, -0.2) is 34.4 Å². The highest BCUT2D eigenvalue weighted by Crippen LogP contribution is 2.04. The van der Waals surface area contributed by atoms with Gasteiger partial charge in [0.05, 0.1) is 5.69 Å². The Morgan fingerprint density at radius 1 is 1.54 bits per heavy atom. The van der Waals surface area contributed by atoms with Gasteiger partial charge in [0.1, 0.15) is 0 Å². The number of carbonyl (C=O) groups is 1. The van der Waals surface area contributed by atoms with Gasteiger partial charge in [0.15, 0.2) is 5.82 Å². The van der Waals surface area contributed by atoms with Crippen molar-refractivity contribution in [3.63, 3.8) is 0 Å². The second kappa shape index (κ2) is 3.60. The van der Waals surface area contributed by atoms with Gasteiger partial charge in [-0.15, -0.1) is 0 Å². The van der Waals surface area contributed by atoms with E-state index in [9.17, 15) is 4.79 Å². The van der Waals surface area contributed by atoms with Gasteiger partial charge in [-0.2, -0.15) is 0 Å². The summed E-state index contributed by atoms with van der Waals surface area (Å²) in [5.41, 5.74) is 1.83. The summed E-state index contributed by atoms with van der Waals surface area (Å²) >= 11 is 0. The van der Waals surface area contributed by atoms with Crippen LogP contribution in [-0.2, 0) is 0 Å². The number of aryl methyl sites for hydroxylation is 2. The van der Waals surface area contributed by atoms with E-state index in [2.05, 4.69) is 9.97 Å². The van der Waals surface area contributed by atoms with Crippen molar-refractivity contribution in [1.29, 1.82) is 0 Å². The van der Waals surface area contributed by atoms with E-state index < -0.39 is 0 Å². The molecule has 1 N–H and O–H groups in total. The average Bonchev–Trinajstić information content (AvgIpc) is 2.44. The first-order valence-electron chi connectivity index (χ1n) is 4.35. The van der Waals surface area contributed by atoms with Gasteiger partial charge >= 0.3 is 0 Å². The molecule has 0 saturated carbocycles. The zero-order chi connectivity index (χ0) is 10.0. The fraction of sp³-hybridized carbons (Fsp3) is 0.556. The van der Waals surface area contributed by atoms with Gasteiger partial charge in [0.25, 0.3) is 5.91 Å². The monoisotopic (exact) mass is 181 g/mol. The van der Waals surface area contributed by atoms with E-state index in [-0.39, 0.29) is 5.91 Å². The average molecular weight is 181 g/mol. The molecule has 0 saturated heterocycles. The van der Waals surface area contributed by atoms with Gasteiger partial charge in [-0.3, -0.25) is 4.79 Å². The van der Waals surface area contributed by atoms with Crippen molar-refractivity contribution in [3.05, 3.63) is 17.2 Å². The fourth-order valence-corrected chi connectivity index (χ4v) is 0.973. The molecule has 1 amide bonds. The Hall–Kier alpha value is -1.32. The molecule has 0 aliphatic heterocycles. The molecule has 0 bridgehead atoms. The molecule has 0 spiro atoms. The molecule has 1 rings (SSSR count). The third-order valence-electron chi connectivity index (χ3n) is 2.15.